The van der Waals surface area contributed by atoms with Crippen molar-refractivity contribution in [2.75, 3.05) is 7.11 Å². The number of furan rings is 1. The van der Waals surface area contributed by atoms with Crippen LogP contribution in [-0.4, -0.2) is 7.11 Å². The molecule has 0 bridgehead atoms. The van der Waals surface area contributed by atoms with E-state index in [1.807, 2.05) is 24.3 Å². The summed E-state index contributed by atoms with van der Waals surface area (Å²) in [6.07, 6.45) is 2.71. The highest BCUT2D eigenvalue weighted by Gasteiger charge is 2.16. The summed E-state index contributed by atoms with van der Waals surface area (Å²) in [6.45, 7) is 4.30. The fourth-order valence-corrected chi connectivity index (χ4v) is 2.20. The summed E-state index contributed by atoms with van der Waals surface area (Å²) >= 11 is 0. The number of ether oxygens (including phenoxy) is 1. The predicted octanol–water partition coefficient (Wildman–Crippen LogP) is 4.09. The number of benzene rings is 1. The zero-order valence-corrected chi connectivity index (χ0v) is 11.7. The maximum absolute atomic E-state index is 5.48. The molecular weight excluding hydrogens is 238 g/mol. The van der Waals surface area contributed by atoms with Gasteiger partial charge in [-0.15, -0.1) is 0 Å². The minimum Gasteiger partial charge on any atom is -0.497 e. The first kappa shape index (κ1) is 13.7. The lowest BCUT2D eigenvalue weighted by Gasteiger charge is -2.21. The molecule has 1 aromatic carbocycles. The summed E-state index contributed by atoms with van der Waals surface area (Å²) < 4.78 is 10.7. The van der Waals surface area contributed by atoms with E-state index in [1.54, 1.807) is 13.4 Å². The smallest absolute Gasteiger partial charge is 0.120 e. The Morgan fingerprint density at radius 2 is 2.11 bits per heavy atom. The zero-order valence-electron chi connectivity index (χ0n) is 11.7. The second kappa shape index (κ2) is 6.43. The summed E-state index contributed by atoms with van der Waals surface area (Å²) in [6, 6.07) is 12.6. The molecule has 102 valence electrons. The Morgan fingerprint density at radius 3 is 2.74 bits per heavy atom. The van der Waals surface area contributed by atoms with Crippen LogP contribution < -0.4 is 10.1 Å². The quantitative estimate of drug-likeness (QED) is 0.848. The van der Waals surface area contributed by atoms with Crippen LogP contribution in [0.5, 0.6) is 5.75 Å². The van der Waals surface area contributed by atoms with Crippen LogP contribution in [-0.2, 0) is 0 Å². The second-order valence-electron chi connectivity index (χ2n) is 4.64. The molecule has 3 heteroatoms. The lowest BCUT2D eigenvalue weighted by Crippen LogP contribution is -2.23. The molecular formula is C16H21NO2. The van der Waals surface area contributed by atoms with E-state index < -0.39 is 0 Å². The van der Waals surface area contributed by atoms with E-state index in [0.717, 1.165) is 17.9 Å². The Morgan fingerprint density at radius 1 is 1.26 bits per heavy atom. The first-order valence-corrected chi connectivity index (χ1v) is 6.68. The standard InChI is InChI=1S/C16H21NO2/c1-4-15(16-9-6-10-19-16)17-12(2)13-7-5-8-14(11-13)18-3/h5-12,15,17H,4H2,1-3H3. The summed E-state index contributed by atoms with van der Waals surface area (Å²) in [5, 5.41) is 3.59. The highest BCUT2D eigenvalue weighted by molar-refractivity contribution is 5.30. The van der Waals surface area contributed by atoms with Crippen molar-refractivity contribution >= 4 is 0 Å². The summed E-state index contributed by atoms with van der Waals surface area (Å²) in [5.74, 6) is 1.87. The third kappa shape index (κ3) is 3.38. The Balaban J connectivity index is 2.08. The molecule has 0 saturated heterocycles. The monoisotopic (exact) mass is 259 g/mol. The average molecular weight is 259 g/mol. The zero-order chi connectivity index (χ0) is 13.7. The van der Waals surface area contributed by atoms with Gasteiger partial charge in [-0.3, -0.25) is 0 Å². The van der Waals surface area contributed by atoms with Crippen molar-refractivity contribution < 1.29 is 9.15 Å². The van der Waals surface area contributed by atoms with Gasteiger partial charge in [-0.1, -0.05) is 19.1 Å². The third-order valence-electron chi connectivity index (χ3n) is 3.34. The molecule has 1 aromatic heterocycles. The lowest BCUT2D eigenvalue weighted by atomic mass is 10.1. The highest BCUT2D eigenvalue weighted by atomic mass is 16.5. The van der Waals surface area contributed by atoms with Crippen LogP contribution in [0, 0.1) is 0 Å². The number of methoxy groups -OCH3 is 1. The fourth-order valence-electron chi connectivity index (χ4n) is 2.20. The number of hydrogen-bond acceptors (Lipinski definition) is 3. The van der Waals surface area contributed by atoms with E-state index in [2.05, 4.69) is 31.3 Å². The third-order valence-corrected chi connectivity index (χ3v) is 3.34. The molecule has 2 aromatic rings. The number of hydrogen-bond donors (Lipinski definition) is 1. The highest BCUT2D eigenvalue weighted by Crippen LogP contribution is 2.24. The van der Waals surface area contributed by atoms with Gasteiger partial charge in [0.25, 0.3) is 0 Å². The topological polar surface area (TPSA) is 34.4 Å². The Hall–Kier alpha value is -1.74. The molecule has 0 aliphatic heterocycles. The van der Waals surface area contributed by atoms with Gasteiger partial charge in [0, 0.05) is 6.04 Å². The SMILES string of the molecule is CCC(NC(C)c1cccc(OC)c1)c1ccco1. The van der Waals surface area contributed by atoms with Crippen molar-refractivity contribution in [2.24, 2.45) is 0 Å². The number of rotatable bonds is 6. The largest absolute Gasteiger partial charge is 0.497 e. The van der Waals surface area contributed by atoms with Gasteiger partial charge in [-0.25, -0.2) is 0 Å². The molecule has 19 heavy (non-hydrogen) atoms. The van der Waals surface area contributed by atoms with E-state index in [1.165, 1.54) is 5.56 Å². The first-order valence-electron chi connectivity index (χ1n) is 6.68. The first-order chi connectivity index (χ1) is 9.24. The van der Waals surface area contributed by atoms with E-state index in [0.29, 0.717) is 0 Å². The van der Waals surface area contributed by atoms with E-state index in [4.69, 9.17) is 9.15 Å². The van der Waals surface area contributed by atoms with Crippen molar-refractivity contribution in [3.05, 3.63) is 54.0 Å². The molecule has 0 amide bonds. The molecule has 0 aliphatic rings. The molecule has 3 nitrogen and oxygen atoms in total. The van der Waals surface area contributed by atoms with Crippen LogP contribution in [0.1, 0.15) is 43.7 Å². The average Bonchev–Trinajstić information content (AvgIpc) is 2.98. The number of nitrogens with one attached hydrogen (secondary N) is 1. The lowest BCUT2D eigenvalue weighted by molar-refractivity contribution is 0.375. The molecule has 2 unspecified atom stereocenters. The molecule has 1 N–H and O–H groups in total. The van der Waals surface area contributed by atoms with Crippen molar-refractivity contribution in [1.29, 1.82) is 0 Å². The van der Waals surface area contributed by atoms with Crippen molar-refractivity contribution in [1.82, 2.24) is 5.32 Å². The Kier molecular flexibility index (Phi) is 4.63. The molecule has 1 heterocycles. The van der Waals surface area contributed by atoms with Crippen LogP contribution in [0.3, 0.4) is 0 Å². The van der Waals surface area contributed by atoms with Crippen LogP contribution in [0.15, 0.2) is 47.1 Å². The molecule has 2 rings (SSSR count). The van der Waals surface area contributed by atoms with Crippen LogP contribution in [0.2, 0.25) is 0 Å². The summed E-state index contributed by atoms with van der Waals surface area (Å²) in [5.41, 5.74) is 1.21. The van der Waals surface area contributed by atoms with Crippen molar-refractivity contribution in [2.45, 2.75) is 32.4 Å². The maximum Gasteiger partial charge on any atom is 0.120 e. The molecule has 0 radical (unpaired) electrons. The molecule has 0 fully saturated rings. The molecule has 0 aliphatic carbocycles. The van der Waals surface area contributed by atoms with E-state index in [9.17, 15) is 0 Å². The van der Waals surface area contributed by atoms with E-state index in [-0.39, 0.29) is 12.1 Å². The molecule has 0 saturated carbocycles. The van der Waals surface area contributed by atoms with Crippen LogP contribution in [0.25, 0.3) is 0 Å². The van der Waals surface area contributed by atoms with Gasteiger partial charge in [-0.2, -0.15) is 0 Å². The second-order valence-corrected chi connectivity index (χ2v) is 4.64. The summed E-state index contributed by atoms with van der Waals surface area (Å²) in [7, 11) is 1.69. The minimum absolute atomic E-state index is 0.233. The van der Waals surface area contributed by atoms with Crippen LogP contribution >= 0.6 is 0 Å². The predicted molar refractivity (Wildman–Crippen MR) is 76.3 cm³/mol. The van der Waals surface area contributed by atoms with Gasteiger partial charge in [-0.05, 0) is 43.2 Å². The Bertz CT molecular complexity index is 493. The normalized spacial score (nSPS) is 14.1. The van der Waals surface area contributed by atoms with E-state index >= 15 is 0 Å². The van der Waals surface area contributed by atoms with Gasteiger partial charge < -0.3 is 14.5 Å². The molecule has 0 spiro atoms. The summed E-state index contributed by atoms with van der Waals surface area (Å²) in [4.78, 5) is 0. The van der Waals surface area contributed by atoms with Crippen molar-refractivity contribution in [3.63, 3.8) is 0 Å². The molecule has 2 atom stereocenters. The maximum atomic E-state index is 5.48. The van der Waals surface area contributed by atoms with Crippen molar-refractivity contribution in [3.8, 4) is 5.75 Å². The van der Waals surface area contributed by atoms with Crippen LogP contribution in [0.4, 0.5) is 0 Å². The van der Waals surface area contributed by atoms with Gasteiger partial charge in [0.2, 0.25) is 0 Å². The van der Waals surface area contributed by atoms with Gasteiger partial charge in [0.05, 0.1) is 19.4 Å². The van der Waals surface area contributed by atoms with Gasteiger partial charge in [0.15, 0.2) is 0 Å². The minimum atomic E-state index is 0.233. The Labute approximate surface area is 114 Å². The fraction of sp³-hybridized carbons (Fsp3) is 0.375. The van der Waals surface area contributed by atoms with Gasteiger partial charge >= 0.3 is 0 Å². The van der Waals surface area contributed by atoms with Gasteiger partial charge in [0.1, 0.15) is 11.5 Å².